The quantitative estimate of drug-likeness (QED) is 0.142. The summed E-state index contributed by atoms with van der Waals surface area (Å²) in [5, 5.41) is 9.50. The van der Waals surface area contributed by atoms with Crippen LogP contribution in [0.5, 0.6) is 5.75 Å². The lowest BCUT2D eigenvalue weighted by Gasteiger charge is -2.27. The largest absolute Gasteiger partial charge is 0.497 e. The summed E-state index contributed by atoms with van der Waals surface area (Å²) in [6, 6.07) is 9.99. The number of nitrogens with one attached hydrogen (secondary N) is 4. The molecule has 0 fully saturated rings. The van der Waals surface area contributed by atoms with Crippen molar-refractivity contribution < 1.29 is 59.8 Å². The summed E-state index contributed by atoms with van der Waals surface area (Å²) in [6.45, 7) is 7.73. The van der Waals surface area contributed by atoms with Crippen molar-refractivity contribution in [1.82, 2.24) is 21.3 Å². The van der Waals surface area contributed by atoms with Crippen LogP contribution in [0.15, 0.2) is 72.8 Å². The summed E-state index contributed by atoms with van der Waals surface area (Å²) in [6.07, 6.45) is -11.0. The van der Waals surface area contributed by atoms with Crippen molar-refractivity contribution in [3.63, 3.8) is 0 Å². The van der Waals surface area contributed by atoms with E-state index in [1.807, 2.05) is 0 Å². The van der Waals surface area contributed by atoms with E-state index < -0.39 is 82.7 Å². The van der Waals surface area contributed by atoms with Crippen LogP contribution in [0.25, 0.3) is 0 Å². The summed E-state index contributed by atoms with van der Waals surface area (Å²) in [5.74, 6) is -6.23. The van der Waals surface area contributed by atoms with Gasteiger partial charge in [-0.2, -0.15) is 26.3 Å². The molecular weight excluding hydrogens is 738 g/mol. The summed E-state index contributed by atoms with van der Waals surface area (Å²) in [4.78, 5) is 65.3. The van der Waals surface area contributed by atoms with Crippen LogP contribution in [0.1, 0.15) is 73.3 Å². The number of benzene rings is 3. The van der Waals surface area contributed by atoms with Gasteiger partial charge in [0.05, 0.1) is 18.7 Å². The Hall–Kier alpha value is -5.61. The second-order valence-electron chi connectivity index (χ2n) is 13.8. The fraction of sp³-hybridized carbons (Fsp3) is 0.395. The third-order valence-electron chi connectivity index (χ3n) is 7.90. The van der Waals surface area contributed by atoms with Crippen molar-refractivity contribution >= 4 is 29.6 Å². The Balaban J connectivity index is 1.97. The van der Waals surface area contributed by atoms with E-state index in [9.17, 15) is 50.3 Å². The van der Waals surface area contributed by atoms with Crippen molar-refractivity contribution in [3.05, 3.63) is 101 Å². The average Bonchev–Trinajstić information content (AvgIpc) is 3.10. The second-order valence-corrected chi connectivity index (χ2v) is 13.8. The Morgan fingerprint density at radius 3 is 1.87 bits per heavy atom. The average molecular weight is 781 g/mol. The number of ether oxygens (including phenoxy) is 2. The molecule has 0 radical (unpaired) electrons. The highest BCUT2D eigenvalue weighted by atomic mass is 19.4. The molecule has 3 aromatic carbocycles. The highest BCUT2D eigenvalue weighted by Crippen LogP contribution is 2.30. The zero-order valence-corrected chi connectivity index (χ0v) is 30.8. The highest BCUT2D eigenvalue weighted by Gasteiger charge is 2.45. The maximum atomic E-state index is 14.0. The first-order chi connectivity index (χ1) is 25.5. The first-order valence-electron chi connectivity index (χ1n) is 16.9. The number of methoxy groups -OCH3 is 1. The molecule has 0 bridgehead atoms. The molecule has 0 saturated carbocycles. The Morgan fingerprint density at radius 2 is 1.35 bits per heavy atom. The molecule has 298 valence electrons. The van der Waals surface area contributed by atoms with E-state index in [4.69, 9.17) is 9.47 Å². The van der Waals surface area contributed by atoms with Crippen LogP contribution in [0.2, 0.25) is 0 Å². The van der Waals surface area contributed by atoms with Crippen LogP contribution >= 0.6 is 0 Å². The van der Waals surface area contributed by atoms with Gasteiger partial charge in [0.15, 0.2) is 0 Å². The van der Waals surface area contributed by atoms with Gasteiger partial charge >= 0.3 is 18.4 Å². The molecule has 3 unspecified atom stereocenters. The van der Waals surface area contributed by atoms with Crippen molar-refractivity contribution in [2.75, 3.05) is 7.11 Å². The third kappa shape index (κ3) is 13.3. The van der Waals surface area contributed by atoms with E-state index in [1.54, 1.807) is 45.0 Å². The number of Topliss-reactive ketones (excluding diaryl/α,β-unsaturated/α-hetero) is 1. The topological polar surface area (TPSA) is 152 Å². The SMILES string of the molecule is COc1ccc(C(NC(=O)C(Cc2ccc(CNC(=O)OC(C)(C)C)cc2)NC(=O)c2cccc(C(F)(F)F)c2)C(=O)NC(C(=O)C(F)(F)F)C(C)C)cc1. The fourth-order valence-corrected chi connectivity index (χ4v) is 5.09. The zero-order chi connectivity index (χ0) is 41.3. The number of alkyl carbamates (subject to hydrolysis) is 1. The number of hydrogen-bond acceptors (Lipinski definition) is 7. The van der Waals surface area contributed by atoms with Crippen LogP contribution in [0, 0.1) is 5.92 Å². The molecule has 0 heterocycles. The maximum Gasteiger partial charge on any atom is 0.452 e. The molecule has 0 aromatic heterocycles. The molecule has 0 spiro atoms. The molecule has 0 aliphatic heterocycles. The number of rotatable bonds is 14. The minimum Gasteiger partial charge on any atom is -0.497 e. The van der Waals surface area contributed by atoms with E-state index in [0.717, 1.165) is 18.2 Å². The molecule has 11 nitrogen and oxygen atoms in total. The van der Waals surface area contributed by atoms with Crippen LogP contribution in [-0.2, 0) is 38.3 Å². The minimum atomic E-state index is -5.29. The molecule has 4 N–H and O–H groups in total. The van der Waals surface area contributed by atoms with Gasteiger partial charge in [0.1, 0.15) is 23.4 Å². The monoisotopic (exact) mass is 780 g/mol. The highest BCUT2D eigenvalue weighted by molar-refractivity contribution is 5.99. The normalized spacial score (nSPS) is 13.5. The van der Waals surface area contributed by atoms with Gasteiger partial charge in [-0.3, -0.25) is 19.2 Å². The van der Waals surface area contributed by atoms with Gasteiger partial charge in [0.25, 0.3) is 11.7 Å². The van der Waals surface area contributed by atoms with E-state index >= 15 is 0 Å². The van der Waals surface area contributed by atoms with Crippen molar-refractivity contribution in [2.24, 2.45) is 5.92 Å². The first kappa shape index (κ1) is 43.8. The first-order valence-corrected chi connectivity index (χ1v) is 16.9. The Labute approximate surface area is 313 Å². The number of ketones is 1. The maximum absolute atomic E-state index is 14.0. The van der Waals surface area contributed by atoms with Gasteiger partial charge in [0, 0.05) is 18.5 Å². The molecule has 0 saturated heterocycles. The minimum absolute atomic E-state index is 0.0541. The Morgan fingerprint density at radius 1 is 0.745 bits per heavy atom. The number of halogens is 6. The van der Waals surface area contributed by atoms with E-state index in [2.05, 4.69) is 21.3 Å². The predicted molar refractivity (Wildman–Crippen MR) is 188 cm³/mol. The fourth-order valence-electron chi connectivity index (χ4n) is 5.09. The Bertz CT molecular complexity index is 1820. The van der Waals surface area contributed by atoms with E-state index in [1.165, 1.54) is 45.2 Å². The van der Waals surface area contributed by atoms with Crippen molar-refractivity contribution in [2.45, 2.75) is 83.7 Å². The van der Waals surface area contributed by atoms with E-state index in [-0.39, 0.29) is 18.5 Å². The zero-order valence-electron chi connectivity index (χ0n) is 30.8. The number of carbonyl (C=O) groups is 5. The molecule has 0 aliphatic carbocycles. The molecule has 4 amide bonds. The lowest BCUT2D eigenvalue weighted by atomic mass is 9.97. The lowest BCUT2D eigenvalue weighted by molar-refractivity contribution is -0.175. The lowest BCUT2D eigenvalue weighted by Crippen LogP contribution is -2.55. The van der Waals surface area contributed by atoms with Crippen LogP contribution < -0.4 is 26.0 Å². The molecule has 3 rings (SSSR count). The Kier molecular flexibility index (Phi) is 14.4. The molecule has 3 atom stereocenters. The van der Waals surface area contributed by atoms with Crippen molar-refractivity contribution in [1.29, 1.82) is 0 Å². The van der Waals surface area contributed by atoms with Crippen LogP contribution in [0.4, 0.5) is 31.1 Å². The standard InChI is InChI=1S/C38H42F6N4O7/c1-21(2)29(31(49)38(42,43)44)47-34(52)30(24-14-16-27(54-6)17-15-24)48-33(51)28(46-32(50)25-8-7-9-26(19-25)37(39,40)41)18-22-10-12-23(13-11-22)20-45-35(53)55-36(3,4)5/h7-17,19,21,28-30H,18,20H2,1-6H3,(H,45,53)(H,46,50)(H,47,52)(H,48,51). The molecule has 17 heteroatoms. The van der Waals surface area contributed by atoms with E-state index in [0.29, 0.717) is 22.9 Å². The molecule has 0 aliphatic rings. The summed E-state index contributed by atoms with van der Waals surface area (Å²) in [5.41, 5.74) is -1.20. The number of hydrogen-bond donors (Lipinski definition) is 4. The van der Waals surface area contributed by atoms with Gasteiger partial charge < -0.3 is 30.7 Å². The summed E-state index contributed by atoms with van der Waals surface area (Å²) in [7, 11) is 1.36. The number of amides is 4. The molecular formula is C38H42F6N4O7. The predicted octanol–water partition coefficient (Wildman–Crippen LogP) is 6.21. The van der Waals surface area contributed by atoms with Gasteiger partial charge in [-0.15, -0.1) is 0 Å². The van der Waals surface area contributed by atoms with Crippen LogP contribution in [-0.4, -0.2) is 60.6 Å². The molecule has 3 aromatic rings. The summed E-state index contributed by atoms with van der Waals surface area (Å²) < 4.78 is 91.0. The van der Waals surface area contributed by atoms with Gasteiger partial charge in [-0.1, -0.05) is 56.3 Å². The third-order valence-corrected chi connectivity index (χ3v) is 7.90. The smallest absolute Gasteiger partial charge is 0.452 e. The second kappa shape index (κ2) is 18.1. The van der Waals surface area contributed by atoms with Gasteiger partial charge in [-0.25, -0.2) is 4.79 Å². The van der Waals surface area contributed by atoms with Gasteiger partial charge in [-0.05, 0) is 73.7 Å². The molecule has 55 heavy (non-hydrogen) atoms. The van der Waals surface area contributed by atoms with Crippen molar-refractivity contribution in [3.8, 4) is 5.75 Å². The number of alkyl halides is 6. The van der Waals surface area contributed by atoms with Crippen LogP contribution in [0.3, 0.4) is 0 Å². The van der Waals surface area contributed by atoms with Gasteiger partial charge in [0.2, 0.25) is 11.8 Å². The summed E-state index contributed by atoms with van der Waals surface area (Å²) >= 11 is 0. The number of carbonyl (C=O) groups excluding carboxylic acids is 5.